The van der Waals surface area contributed by atoms with E-state index in [4.69, 9.17) is 5.73 Å². The van der Waals surface area contributed by atoms with Crippen LogP contribution < -0.4 is 5.73 Å². The number of rotatable bonds is 5. The quantitative estimate of drug-likeness (QED) is 0.880. The molecular weight excluding hydrogens is 333 g/mol. The van der Waals surface area contributed by atoms with Gasteiger partial charge < -0.3 is 10.6 Å². The summed E-state index contributed by atoms with van der Waals surface area (Å²) in [6.07, 6.45) is 2.80. The molecule has 0 amide bonds. The highest BCUT2D eigenvalue weighted by Gasteiger charge is 2.29. The van der Waals surface area contributed by atoms with Gasteiger partial charge in [0, 0.05) is 49.3 Å². The van der Waals surface area contributed by atoms with Gasteiger partial charge in [-0.25, -0.2) is 4.39 Å². The van der Waals surface area contributed by atoms with Gasteiger partial charge in [-0.05, 0) is 37.0 Å². The smallest absolute Gasteiger partial charge is 0.128 e. The molecule has 1 atom stereocenters. The molecule has 1 aliphatic carbocycles. The fraction of sp³-hybridized carbons (Fsp3) is 0.625. The van der Waals surface area contributed by atoms with Crippen molar-refractivity contribution in [1.29, 1.82) is 0 Å². The molecule has 116 valence electrons. The molecule has 1 unspecified atom stereocenters. The van der Waals surface area contributed by atoms with Gasteiger partial charge in [0.25, 0.3) is 0 Å². The highest BCUT2D eigenvalue weighted by atomic mass is 79.9. The molecule has 0 radical (unpaired) electrons. The molecule has 0 aromatic heterocycles. The second-order valence-corrected chi connectivity index (χ2v) is 7.11. The summed E-state index contributed by atoms with van der Waals surface area (Å²) in [4.78, 5) is 4.87. The van der Waals surface area contributed by atoms with Gasteiger partial charge in [0.15, 0.2) is 0 Å². The lowest BCUT2D eigenvalue weighted by Gasteiger charge is -2.39. The lowest BCUT2D eigenvalue weighted by molar-refractivity contribution is 0.0942. The van der Waals surface area contributed by atoms with Crippen LogP contribution in [0.3, 0.4) is 0 Å². The molecule has 1 heterocycles. The van der Waals surface area contributed by atoms with Crippen LogP contribution in [-0.2, 0) is 0 Å². The molecule has 1 saturated carbocycles. The number of hydrogen-bond acceptors (Lipinski definition) is 3. The lowest BCUT2D eigenvalue weighted by atomic mass is 10.0. The molecule has 1 saturated heterocycles. The zero-order valence-electron chi connectivity index (χ0n) is 12.3. The fourth-order valence-corrected chi connectivity index (χ4v) is 3.54. The van der Waals surface area contributed by atoms with Crippen molar-refractivity contribution in [1.82, 2.24) is 9.80 Å². The van der Waals surface area contributed by atoms with E-state index in [2.05, 4.69) is 25.7 Å². The molecular formula is C16H23BrFN3. The minimum absolute atomic E-state index is 0.0226. The first-order valence-electron chi connectivity index (χ1n) is 7.79. The summed E-state index contributed by atoms with van der Waals surface area (Å²) in [5, 5.41) is 0. The van der Waals surface area contributed by atoms with Gasteiger partial charge in [-0.1, -0.05) is 15.9 Å². The molecule has 2 N–H and O–H groups in total. The summed E-state index contributed by atoms with van der Waals surface area (Å²) < 4.78 is 15.0. The van der Waals surface area contributed by atoms with E-state index in [9.17, 15) is 4.39 Å². The topological polar surface area (TPSA) is 32.5 Å². The predicted octanol–water partition coefficient (Wildman–Crippen LogP) is 2.62. The van der Waals surface area contributed by atoms with E-state index < -0.39 is 0 Å². The molecule has 3 nitrogen and oxygen atoms in total. The van der Waals surface area contributed by atoms with Gasteiger partial charge in [-0.2, -0.15) is 0 Å². The predicted molar refractivity (Wildman–Crippen MR) is 86.6 cm³/mol. The van der Waals surface area contributed by atoms with Gasteiger partial charge in [0.2, 0.25) is 0 Å². The summed E-state index contributed by atoms with van der Waals surface area (Å²) in [6, 6.07) is 5.10. The summed E-state index contributed by atoms with van der Waals surface area (Å²) in [7, 11) is 0. The molecule has 1 aromatic carbocycles. The van der Waals surface area contributed by atoms with Crippen molar-refractivity contribution >= 4 is 15.9 Å². The third-order valence-corrected chi connectivity index (χ3v) is 5.09. The van der Waals surface area contributed by atoms with E-state index in [0.29, 0.717) is 12.1 Å². The molecule has 21 heavy (non-hydrogen) atoms. The number of nitrogens with two attached hydrogens (primary N) is 1. The fourth-order valence-electron chi connectivity index (χ4n) is 3.17. The Balaban J connectivity index is 1.65. The third kappa shape index (κ3) is 3.83. The molecule has 5 heteroatoms. The van der Waals surface area contributed by atoms with E-state index in [0.717, 1.165) is 36.6 Å². The Kier molecular flexibility index (Phi) is 4.94. The third-order valence-electron chi connectivity index (χ3n) is 4.60. The molecule has 0 spiro atoms. The first-order chi connectivity index (χ1) is 10.2. The Bertz CT molecular complexity index is 484. The maximum absolute atomic E-state index is 14.1. The Morgan fingerprint density at radius 1 is 1.24 bits per heavy atom. The van der Waals surface area contributed by atoms with Crippen molar-refractivity contribution in [2.24, 2.45) is 11.7 Å². The molecule has 3 rings (SSSR count). The van der Waals surface area contributed by atoms with Crippen LogP contribution in [0.4, 0.5) is 4.39 Å². The molecule has 1 aromatic rings. The van der Waals surface area contributed by atoms with Crippen molar-refractivity contribution in [3.8, 4) is 0 Å². The van der Waals surface area contributed by atoms with Crippen LogP contribution >= 0.6 is 15.9 Å². The van der Waals surface area contributed by atoms with E-state index in [-0.39, 0.29) is 11.9 Å². The second kappa shape index (κ2) is 6.73. The molecule has 1 aliphatic heterocycles. The van der Waals surface area contributed by atoms with Gasteiger partial charge in [0.05, 0.1) is 6.04 Å². The first-order valence-corrected chi connectivity index (χ1v) is 8.58. The lowest BCUT2D eigenvalue weighted by Crippen LogP contribution is -2.49. The highest BCUT2D eigenvalue weighted by molar-refractivity contribution is 9.10. The minimum Gasteiger partial charge on any atom is -0.329 e. The van der Waals surface area contributed by atoms with Crippen LogP contribution in [0.25, 0.3) is 0 Å². The number of benzene rings is 1. The maximum Gasteiger partial charge on any atom is 0.128 e. The maximum atomic E-state index is 14.1. The zero-order chi connectivity index (χ0) is 14.8. The van der Waals surface area contributed by atoms with Crippen molar-refractivity contribution in [3.63, 3.8) is 0 Å². The average molecular weight is 356 g/mol. The zero-order valence-corrected chi connectivity index (χ0v) is 13.9. The van der Waals surface area contributed by atoms with Crippen LogP contribution in [0, 0.1) is 11.7 Å². The van der Waals surface area contributed by atoms with E-state index in [1.165, 1.54) is 25.5 Å². The summed E-state index contributed by atoms with van der Waals surface area (Å²) in [5.41, 5.74) is 6.65. The van der Waals surface area contributed by atoms with E-state index in [1.807, 2.05) is 6.07 Å². The van der Waals surface area contributed by atoms with Gasteiger partial charge in [-0.15, -0.1) is 0 Å². The normalized spacial score (nSPS) is 22.4. The van der Waals surface area contributed by atoms with Crippen molar-refractivity contribution < 1.29 is 4.39 Å². The van der Waals surface area contributed by atoms with Crippen molar-refractivity contribution in [3.05, 3.63) is 34.1 Å². The standard InChI is InChI=1S/C16H23BrFN3/c17-13-3-4-15(18)14(9-13)16(10-19)21-7-5-20(6-8-21)11-12-1-2-12/h3-4,9,12,16H,1-2,5-8,10-11,19H2. The summed E-state index contributed by atoms with van der Waals surface area (Å²) in [6.45, 7) is 5.79. The highest BCUT2D eigenvalue weighted by Crippen LogP contribution is 2.31. The van der Waals surface area contributed by atoms with Crippen molar-refractivity contribution in [2.45, 2.75) is 18.9 Å². The van der Waals surface area contributed by atoms with Crippen molar-refractivity contribution in [2.75, 3.05) is 39.3 Å². The van der Waals surface area contributed by atoms with Gasteiger partial charge in [-0.3, -0.25) is 4.90 Å². The van der Waals surface area contributed by atoms with Gasteiger partial charge >= 0.3 is 0 Å². The first kappa shape index (κ1) is 15.4. The van der Waals surface area contributed by atoms with E-state index >= 15 is 0 Å². The number of halogens is 2. The van der Waals surface area contributed by atoms with Crippen LogP contribution in [0.1, 0.15) is 24.4 Å². The average Bonchev–Trinajstić information content (AvgIpc) is 3.29. The minimum atomic E-state index is -0.158. The number of piperazine rings is 1. The summed E-state index contributed by atoms with van der Waals surface area (Å²) in [5.74, 6) is 0.776. The number of nitrogens with zero attached hydrogens (tertiary/aromatic N) is 2. The number of hydrogen-bond donors (Lipinski definition) is 1. The Labute approximate surface area is 134 Å². The molecule has 2 fully saturated rings. The SMILES string of the molecule is NCC(c1cc(Br)ccc1F)N1CCN(CC2CC2)CC1. The van der Waals surface area contributed by atoms with Gasteiger partial charge in [0.1, 0.15) is 5.82 Å². The van der Waals surface area contributed by atoms with Crippen LogP contribution in [0.15, 0.2) is 22.7 Å². The monoisotopic (exact) mass is 355 g/mol. The largest absolute Gasteiger partial charge is 0.329 e. The Morgan fingerprint density at radius 3 is 2.57 bits per heavy atom. The van der Waals surface area contributed by atoms with Crippen LogP contribution in [0.2, 0.25) is 0 Å². The van der Waals surface area contributed by atoms with E-state index in [1.54, 1.807) is 6.07 Å². The van der Waals surface area contributed by atoms with Crippen LogP contribution in [-0.4, -0.2) is 49.1 Å². The second-order valence-electron chi connectivity index (χ2n) is 6.20. The summed E-state index contributed by atoms with van der Waals surface area (Å²) >= 11 is 3.43. The van der Waals surface area contributed by atoms with Crippen LogP contribution in [0.5, 0.6) is 0 Å². The molecule has 2 aliphatic rings. The Morgan fingerprint density at radius 2 is 1.95 bits per heavy atom. The Hall–Kier alpha value is -0.490. The molecule has 0 bridgehead atoms.